The molecule has 2 aliphatic heterocycles. The van der Waals surface area contributed by atoms with Crippen LogP contribution in [0.15, 0.2) is 30.3 Å². The molecule has 0 aromatic heterocycles. The normalized spacial score (nSPS) is 24.8. The van der Waals surface area contributed by atoms with Crippen molar-refractivity contribution in [2.24, 2.45) is 0 Å². The van der Waals surface area contributed by atoms with Gasteiger partial charge in [0.25, 0.3) is 0 Å². The van der Waals surface area contributed by atoms with E-state index in [2.05, 4.69) is 0 Å². The molecule has 96 valence electrons. The molecule has 0 saturated carbocycles. The minimum absolute atomic E-state index is 0.0102. The maximum atomic E-state index is 12.2. The van der Waals surface area contributed by atoms with E-state index in [0.29, 0.717) is 6.61 Å². The molecule has 0 bridgehead atoms. The Bertz CT molecular complexity index is 425. The number of ether oxygens (including phenoxy) is 1. The number of carbonyl (C=O) groups excluding carboxylic acids is 1. The van der Waals surface area contributed by atoms with Crippen molar-refractivity contribution in [3.63, 3.8) is 0 Å². The highest BCUT2D eigenvalue weighted by Crippen LogP contribution is 2.34. The lowest BCUT2D eigenvalue weighted by molar-refractivity contribution is -0.967. The van der Waals surface area contributed by atoms with Gasteiger partial charge in [-0.1, -0.05) is 30.3 Å². The smallest absolute Gasteiger partial charge is 0.365 e. The SMILES string of the molecule is O=C(OCc1ccccc1)C1CCC[N+]12CCC2. The van der Waals surface area contributed by atoms with Crippen molar-refractivity contribution in [1.29, 1.82) is 0 Å². The molecule has 2 aliphatic rings. The summed E-state index contributed by atoms with van der Waals surface area (Å²) in [6, 6.07) is 10.0. The van der Waals surface area contributed by atoms with Crippen molar-refractivity contribution < 1.29 is 14.0 Å². The summed E-state index contributed by atoms with van der Waals surface area (Å²) in [7, 11) is 0. The minimum atomic E-state index is 0.0102. The maximum absolute atomic E-state index is 12.2. The Morgan fingerprint density at radius 2 is 1.89 bits per heavy atom. The summed E-state index contributed by atoms with van der Waals surface area (Å²) >= 11 is 0. The highest BCUT2D eigenvalue weighted by Gasteiger charge is 2.50. The van der Waals surface area contributed by atoms with E-state index in [-0.39, 0.29) is 12.0 Å². The van der Waals surface area contributed by atoms with Crippen LogP contribution in [0.4, 0.5) is 0 Å². The molecule has 1 aromatic rings. The lowest BCUT2D eigenvalue weighted by Crippen LogP contribution is -2.63. The lowest BCUT2D eigenvalue weighted by atomic mass is 10.1. The third kappa shape index (κ3) is 2.03. The van der Waals surface area contributed by atoms with Gasteiger partial charge < -0.3 is 9.22 Å². The summed E-state index contributed by atoms with van der Waals surface area (Å²) < 4.78 is 6.50. The Morgan fingerprint density at radius 3 is 2.56 bits per heavy atom. The van der Waals surface area contributed by atoms with Crippen LogP contribution in [0.5, 0.6) is 0 Å². The van der Waals surface area contributed by atoms with Crippen LogP contribution in [-0.4, -0.2) is 36.1 Å². The van der Waals surface area contributed by atoms with Gasteiger partial charge in [-0.05, 0) is 5.56 Å². The number of hydrogen-bond donors (Lipinski definition) is 0. The zero-order chi connectivity index (χ0) is 12.4. The van der Waals surface area contributed by atoms with Gasteiger partial charge in [0.05, 0.1) is 19.6 Å². The Labute approximate surface area is 108 Å². The van der Waals surface area contributed by atoms with Crippen molar-refractivity contribution >= 4 is 5.97 Å². The summed E-state index contributed by atoms with van der Waals surface area (Å²) in [5.41, 5.74) is 1.07. The third-order valence-electron chi connectivity index (χ3n) is 4.45. The van der Waals surface area contributed by atoms with Gasteiger partial charge >= 0.3 is 5.97 Å². The molecule has 1 atom stereocenters. The fraction of sp³-hybridized carbons (Fsp3) is 0.533. The fourth-order valence-electron chi connectivity index (χ4n) is 3.30. The van der Waals surface area contributed by atoms with Gasteiger partial charge in [0.1, 0.15) is 6.61 Å². The molecule has 3 heteroatoms. The van der Waals surface area contributed by atoms with Gasteiger partial charge in [-0.2, -0.15) is 0 Å². The Balaban J connectivity index is 1.58. The number of rotatable bonds is 3. The van der Waals surface area contributed by atoms with Crippen LogP contribution in [0.3, 0.4) is 0 Å². The largest absolute Gasteiger partial charge is 0.456 e. The molecule has 2 fully saturated rings. The standard InChI is InChI=1S/C15H20NO2/c17-15(18-12-13-6-2-1-3-7-13)14-8-4-9-16(14)10-5-11-16/h1-3,6-7,14H,4-5,8-12H2/q+1. The van der Waals surface area contributed by atoms with E-state index in [4.69, 9.17) is 4.74 Å². The van der Waals surface area contributed by atoms with Gasteiger partial charge in [-0.3, -0.25) is 0 Å². The van der Waals surface area contributed by atoms with Crippen LogP contribution in [-0.2, 0) is 16.1 Å². The molecule has 2 saturated heterocycles. The van der Waals surface area contributed by atoms with Gasteiger partial charge in [0, 0.05) is 19.3 Å². The predicted octanol–water partition coefficient (Wildman–Crippen LogP) is 2.11. The van der Waals surface area contributed by atoms with Crippen LogP contribution in [0.2, 0.25) is 0 Å². The summed E-state index contributed by atoms with van der Waals surface area (Å²) in [6.45, 7) is 3.93. The van der Waals surface area contributed by atoms with E-state index in [0.717, 1.165) is 16.5 Å². The van der Waals surface area contributed by atoms with Gasteiger partial charge in [-0.15, -0.1) is 0 Å². The molecule has 0 N–H and O–H groups in total. The molecular formula is C15H20NO2+. The molecule has 3 rings (SSSR count). The monoisotopic (exact) mass is 246 g/mol. The van der Waals surface area contributed by atoms with Gasteiger partial charge in [0.2, 0.25) is 0 Å². The number of quaternary nitrogens is 1. The van der Waals surface area contributed by atoms with Gasteiger partial charge in [-0.25, -0.2) is 4.79 Å². The Hall–Kier alpha value is -1.35. The van der Waals surface area contributed by atoms with Crippen LogP contribution in [0.1, 0.15) is 24.8 Å². The van der Waals surface area contributed by atoms with Crippen LogP contribution in [0.25, 0.3) is 0 Å². The van der Waals surface area contributed by atoms with E-state index in [1.54, 1.807) is 0 Å². The van der Waals surface area contributed by atoms with E-state index < -0.39 is 0 Å². The molecular weight excluding hydrogens is 226 g/mol. The molecule has 1 unspecified atom stereocenters. The average molecular weight is 246 g/mol. The minimum Gasteiger partial charge on any atom is -0.456 e. The second kappa shape index (κ2) is 4.73. The van der Waals surface area contributed by atoms with E-state index in [1.165, 1.54) is 32.5 Å². The highest BCUT2D eigenvalue weighted by molar-refractivity contribution is 5.74. The topological polar surface area (TPSA) is 26.3 Å². The van der Waals surface area contributed by atoms with Crippen molar-refractivity contribution in [3.8, 4) is 0 Å². The lowest BCUT2D eigenvalue weighted by Gasteiger charge is -2.45. The number of benzene rings is 1. The molecule has 2 heterocycles. The van der Waals surface area contributed by atoms with Crippen LogP contribution >= 0.6 is 0 Å². The quantitative estimate of drug-likeness (QED) is 0.603. The summed E-state index contributed by atoms with van der Waals surface area (Å²) in [5, 5.41) is 0. The average Bonchev–Trinajstić information content (AvgIpc) is 2.82. The zero-order valence-corrected chi connectivity index (χ0v) is 10.7. The van der Waals surface area contributed by atoms with Crippen LogP contribution in [0, 0.1) is 0 Å². The first kappa shape index (κ1) is 11.7. The Morgan fingerprint density at radius 1 is 1.17 bits per heavy atom. The maximum Gasteiger partial charge on any atom is 0.365 e. The fourth-order valence-corrected chi connectivity index (χ4v) is 3.30. The Kier molecular flexibility index (Phi) is 3.08. The van der Waals surface area contributed by atoms with Crippen molar-refractivity contribution in [1.82, 2.24) is 0 Å². The van der Waals surface area contributed by atoms with Crippen molar-refractivity contribution in [3.05, 3.63) is 35.9 Å². The highest BCUT2D eigenvalue weighted by atomic mass is 16.5. The first-order chi connectivity index (χ1) is 8.80. The molecule has 0 amide bonds. The molecule has 0 radical (unpaired) electrons. The molecule has 1 spiro atoms. The number of nitrogens with zero attached hydrogens (tertiary/aromatic N) is 1. The number of esters is 1. The molecule has 0 aliphatic carbocycles. The number of carbonyl (C=O) groups is 1. The summed E-state index contributed by atoms with van der Waals surface area (Å²) in [5.74, 6) is 0.0102. The van der Waals surface area contributed by atoms with Gasteiger partial charge in [0.15, 0.2) is 6.04 Å². The summed E-state index contributed by atoms with van der Waals surface area (Å²) in [6.07, 6.45) is 3.45. The molecule has 18 heavy (non-hydrogen) atoms. The predicted molar refractivity (Wildman–Crippen MR) is 68.7 cm³/mol. The van der Waals surface area contributed by atoms with E-state index in [1.807, 2.05) is 30.3 Å². The van der Waals surface area contributed by atoms with E-state index in [9.17, 15) is 4.79 Å². The third-order valence-corrected chi connectivity index (χ3v) is 4.45. The number of hydrogen-bond acceptors (Lipinski definition) is 2. The first-order valence-corrected chi connectivity index (χ1v) is 6.86. The van der Waals surface area contributed by atoms with Crippen LogP contribution < -0.4 is 0 Å². The second-order valence-electron chi connectivity index (χ2n) is 5.49. The molecule has 3 nitrogen and oxygen atoms in total. The van der Waals surface area contributed by atoms with Crippen molar-refractivity contribution in [2.75, 3.05) is 19.6 Å². The summed E-state index contributed by atoms with van der Waals surface area (Å²) in [4.78, 5) is 12.2. The van der Waals surface area contributed by atoms with E-state index >= 15 is 0 Å². The first-order valence-electron chi connectivity index (χ1n) is 6.86. The molecule has 1 aromatic carbocycles. The zero-order valence-electron chi connectivity index (χ0n) is 10.7. The van der Waals surface area contributed by atoms with Crippen molar-refractivity contribution in [2.45, 2.75) is 31.9 Å². The second-order valence-corrected chi connectivity index (χ2v) is 5.49.